The van der Waals surface area contributed by atoms with Gasteiger partial charge in [0, 0.05) is 6.07 Å². The number of para-hydroxylation sites is 1. The van der Waals surface area contributed by atoms with Crippen LogP contribution in [-0.2, 0) is 10.0 Å². The van der Waals surface area contributed by atoms with Gasteiger partial charge in [0.05, 0.1) is 10.6 Å². The molecule has 6 nitrogen and oxygen atoms in total. The first-order valence-electron chi connectivity index (χ1n) is 5.42. The van der Waals surface area contributed by atoms with Gasteiger partial charge >= 0.3 is 0 Å². The highest BCUT2D eigenvalue weighted by molar-refractivity contribution is 7.92. The molecule has 20 heavy (non-hydrogen) atoms. The van der Waals surface area contributed by atoms with Gasteiger partial charge in [0.2, 0.25) is 0 Å². The molecular weight excluding hydrogens is 287 g/mol. The molecule has 2 aromatic rings. The van der Waals surface area contributed by atoms with Gasteiger partial charge in [0.1, 0.15) is 5.82 Å². The molecule has 104 valence electrons. The van der Waals surface area contributed by atoms with Gasteiger partial charge in [-0.2, -0.15) is 0 Å². The number of rotatable bonds is 4. The summed E-state index contributed by atoms with van der Waals surface area (Å²) in [6.45, 7) is 0. The first-order chi connectivity index (χ1) is 9.40. The Labute approximate surface area is 114 Å². The fourth-order valence-electron chi connectivity index (χ4n) is 1.60. The molecule has 0 amide bonds. The molecule has 0 fully saturated rings. The smallest absolute Gasteiger partial charge is 0.279 e. The summed E-state index contributed by atoms with van der Waals surface area (Å²) in [7, 11) is -4.16. The van der Waals surface area contributed by atoms with E-state index in [2.05, 4.69) is 4.72 Å². The normalized spacial score (nSPS) is 11.1. The van der Waals surface area contributed by atoms with Crippen LogP contribution >= 0.6 is 0 Å². The summed E-state index contributed by atoms with van der Waals surface area (Å²) in [5.74, 6) is -0.618. The fraction of sp³-hybridized carbons (Fsp3) is 0. The maximum atomic E-state index is 13.0. The van der Waals surface area contributed by atoms with E-state index in [-0.39, 0.29) is 5.69 Å². The van der Waals surface area contributed by atoms with E-state index < -0.39 is 31.3 Å². The molecule has 0 atom stereocenters. The number of nitrogens with one attached hydrogen (secondary N) is 1. The van der Waals surface area contributed by atoms with E-state index in [4.69, 9.17) is 0 Å². The quantitative estimate of drug-likeness (QED) is 0.693. The average Bonchev–Trinajstić information content (AvgIpc) is 2.38. The van der Waals surface area contributed by atoms with Crippen LogP contribution in [0.3, 0.4) is 0 Å². The lowest BCUT2D eigenvalue weighted by atomic mass is 10.3. The van der Waals surface area contributed by atoms with Gasteiger partial charge in [-0.3, -0.25) is 14.8 Å². The molecule has 0 aromatic heterocycles. The summed E-state index contributed by atoms with van der Waals surface area (Å²) in [5, 5.41) is 10.8. The minimum atomic E-state index is -4.16. The molecule has 0 unspecified atom stereocenters. The molecule has 1 N–H and O–H groups in total. The van der Waals surface area contributed by atoms with Crippen molar-refractivity contribution in [3.05, 3.63) is 64.5 Å². The molecule has 0 aliphatic carbocycles. The second kappa shape index (κ2) is 5.25. The highest BCUT2D eigenvalue weighted by Crippen LogP contribution is 2.25. The van der Waals surface area contributed by atoms with Gasteiger partial charge in [-0.1, -0.05) is 18.2 Å². The standard InChI is InChI=1S/C12H9FN2O4S/c13-9-4-3-5-10(8-9)14-20(18,19)12-7-2-1-6-11(12)15(16)17/h1-8,14H. The Hall–Kier alpha value is -2.48. The molecule has 0 aliphatic rings. The average molecular weight is 296 g/mol. The molecule has 0 saturated heterocycles. The number of nitro benzene ring substituents is 1. The molecule has 2 rings (SSSR count). The van der Waals surface area contributed by atoms with E-state index in [1.54, 1.807) is 0 Å². The van der Waals surface area contributed by atoms with E-state index in [9.17, 15) is 22.9 Å². The van der Waals surface area contributed by atoms with Crippen LogP contribution in [0.25, 0.3) is 0 Å². The number of hydrogen-bond donors (Lipinski definition) is 1. The molecule has 0 spiro atoms. The Balaban J connectivity index is 2.44. The van der Waals surface area contributed by atoms with Gasteiger partial charge < -0.3 is 0 Å². The van der Waals surface area contributed by atoms with E-state index >= 15 is 0 Å². The molecule has 0 heterocycles. The van der Waals surface area contributed by atoms with Crippen molar-refractivity contribution in [2.45, 2.75) is 4.90 Å². The summed E-state index contributed by atoms with van der Waals surface area (Å²) < 4.78 is 39.3. The van der Waals surface area contributed by atoms with E-state index in [1.807, 2.05) is 0 Å². The number of nitro groups is 1. The molecule has 0 aliphatic heterocycles. The number of nitrogens with zero attached hydrogens (tertiary/aromatic N) is 1. The van der Waals surface area contributed by atoms with Crippen molar-refractivity contribution >= 4 is 21.4 Å². The molecule has 0 saturated carbocycles. The Bertz CT molecular complexity index is 762. The van der Waals surface area contributed by atoms with Crippen molar-refractivity contribution in [3.8, 4) is 0 Å². The number of hydrogen-bond acceptors (Lipinski definition) is 4. The zero-order valence-electron chi connectivity index (χ0n) is 9.99. The highest BCUT2D eigenvalue weighted by Gasteiger charge is 2.25. The summed E-state index contributed by atoms with van der Waals surface area (Å²) in [5.41, 5.74) is -0.556. The number of sulfonamides is 1. The van der Waals surface area contributed by atoms with Crippen molar-refractivity contribution in [2.75, 3.05) is 4.72 Å². The van der Waals surface area contributed by atoms with Crippen molar-refractivity contribution in [2.24, 2.45) is 0 Å². The van der Waals surface area contributed by atoms with Crippen LogP contribution in [-0.4, -0.2) is 13.3 Å². The predicted octanol–water partition coefficient (Wildman–Crippen LogP) is 2.53. The number of halogens is 1. The van der Waals surface area contributed by atoms with Gasteiger partial charge in [0.25, 0.3) is 15.7 Å². The SMILES string of the molecule is O=[N+]([O-])c1ccccc1S(=O)(=O)Nc1cccc(F)c1. The van der Waals surface area contributed by atoms with E-state index in [0.717, 1.165) is 24.3 Å². The summed E-state index contributed by atoms with van der Waals surface area (Å²) in [4.78, 5) is 9.56. The van der Waals surface area contributed by atoms with E-state index in [1.165, 1.54) is 24.3 Å². The monoisotopic (exact) mass is 296 g/mol. The van der Waals surface area contributed by atoms with Crippen molar-refractivity contribution < 1.29 is 17.7 Å². The lowest BCUT2D eigenvalue weighted by Crippen LogP contribution is -2.14. The lowest BCUT2D eigenvalue weighted by Gasteiger charge is -2.08. The zero-order valence-corrected chi connectivity index (χ0v) is 10.8. The largest absolute Gasteiger partial charge is 0.289 e. The second-order valence-corrected chi connectivity index (χ2v) is 5.49. The van der Waals surface area contributed by atoms with Crippen LogP contribution in [0.4, 0.5) is 15.8 Å². The maximum Gasteiger partial charge on any atom is 0.289 e. The summed E-state index contributed by atoms with van der Waals surface area (Å²) in [6, 6.07) is 9.73. The summed E-state index contributed by atoms with van der Waals surface area (Å²) >= 11 is 0. The molecule has 8 heteroatoms. The van der Waals surface area contributed by atoms with Crippen LogP contribution in [0.2, 0.25) is 0 Å². The van der Waals surface area contributed by atoms with Crippen LogP contribution in [0.15, 0.2) is 53.4 Å². The third-order valence-electron chi connectivity index (χ3n) is 2.43. The van der Waals surface area contributed by atoms with Gasteiger partial charge in [-0.25, -0.2) is 12.8 Å². The van der Waals surface area contributed by atoms with Crippen LogP contribution in [0, 0.1) is 15.9 Å². The molecule has 2 aromatic carbocycles. The lowest BCUT2D eigenvalue weighted by molar-refractivity contribution is -0.387. The van der Waals surface area contributed by atoms with Crippen molar-refractivity contribution in [3.63, 3.8) is 0 Å². The molecule has 0 radical (unpaired) electrons. The van der Waals surface area contributed by atoms with Gasteiger partial charge in [-0.15, -0.1) is 0 Å². The number of anilines is 1. The van der Waals surface area contributed by atoms with E-state index in [0.29, 0.717) is 0 Å². The molecule has 0 bridgehead atoms. The van der Waals surface area contributed by atoms with Crippen molar-refractivity contribution in [1.29, 1.82) is 0 Å². The first kappa shape index (κ1) is 13.9. The Morgan fingerprint density at radius 2 is 1.80 bits per heavy atom. The van der Waals surface area contributed by atoms with Gasteiger partial charge in [-0.05, 0) is 24.3 Å². The Kier molecular flexibility index (Phi) is 3.66. The fourth-order valence-corrected chi connectivity index (χ4v) is 2.82. The minimum Gasteiger partial charge on any atom is -0.279 e. The first-order valence-corrected chi connectivity index (χ1v) is 6.90. The predicted molar refractivity (Wildman–Crippen MR) is 70.3 cm³/mol. The third kappa shape index (κ3) is 2.91. The maximum absolute atomic E-state index is 13.0. The minimum absolute atomic E-state index is 0.0110. The Morgan fingerprint density at radius 1 is 1.10 bits per heavy atom. The molecular formula is C12H9FN2O4S. The number of benzene rings is 2. The van der Waals surface area contributed by atoms with Gasteiger partial charge in [0.15, 0.2) is 4.90 Å². The zero-order chi connectivity index (χ0) is 14.8. The van der Waals surface area contributed by atoms with Crippen LogP contribution in [0.5, 0.6) is 0 Å². The summed E-state index contributed by atoms with van der Waals surface area (Å²) in [6.07, 6.45) is 0. The van der Waals surface area contributed by atoms with Crippen LogP contribution in [0.1, 0.15) is 0 Å². The van der Waals surface area contributed by atoms with Crippen molar-refractivity contribution in [1.82, 2.24) is 0 Å². The second-order valence-electron chi connectivity index (χ2n) is 3.84. The highest BCUT2D eigenvalue weighted by atomic mass is 32.2. The third-order valence-corrected chi connectivity index (χ3v) is 3.86. The van der Waals surface area contributed by atoms with Crippen LogP contribution < -0.4 is 4.72 Å². The Morgan fingerprint density at radius 3 is 2.45 bits per heavy atom. The topological polar surface area (TPSA) is 89.3 Å².